The molecule has 1 fully saturated rings. The summed E-state index contributed by atoms with van der Waals surface area (Å²) in [7, 11) is 0. The number of carbonyl (C=O) groups excluding carboxylic acids is 2. The fourth-order valence-electron chi connectivity index (χ4n) is 4.16. The normalized spacial score (nSPS) is 15.1. The van der Waals surface area contributed by atoms with Crippen molar-refractivity contribution in [2.24, 2.45) is 0 Å². The standard InChI is InChI=1S/C25H28N4O4/c1-18-14-20(22-4-2-3-5-23(22)28-18)15-32-21-8-6-19(7-9-21)24(31)29-25(16-27-33-17-30)10-12-26-13-11-25/h2-9,14,17,26-27H,10-13,15-16H2,1H3,(H,29,31). The molecule has 0 saturated carbocycles. The van der Waals surface area contributed by atoms with Crippen LogP contribution < -0.4 is 20.9 Å². The number of ether oxygens (including phenoxy) is 1. The molecule has 1 aliphatic rings. The number of hydrogen-bond donors (Lipinski definition) is 3. The van der Waals surface area contributed by atoms with E-state index in [1.54, 1.807) is 24.3 Å². The fraction of sp³-hybridized carbons (Fsp3) is 0.320. The van der Waals surface area contributed by atoms with Gasteiger partial charge < -0.3 is 20.2 Å². The van der Waals surface area contributed by atoms with Gasteiger partial charge >= 0.3 is 6.47 Å². The van der Waals surface area contributed by atoms with Crippen LogP contribution >= 0.6 is 0 Å². The minimum absolute atomic E-state index is 0.174. The second kappa shape index (κ2) is 10.4. The molecule has 0 atom stereocenters. The number of nitrogens with zero attached hydrogens (tertiary/aromatic N) is 1. The van der Waals surface area contributed by atoms with Gasteiger partial charge in [0.2, 0.25) is 0 Å². The third kappa shape index (κ3) is 5.66. The van der Waals surface area contributed by atoms with Crippen molar-refractivity contribution in [2.45, 2.75) is 31.9 Å². The second-order valence-corrected chi connectivity index (χ2v) is 8.27. The summed E-state index contributed by atoms with van der Waals surface area (Å²) in [6.07, 6.45) is 1.46. The summed E-state index contributed by atoms with van der Waals surface area (Å²) in [5, 5.41) is 7.48. The van der Waals surface area contributed by atoms with Gasteiger partial charge in [0, 0.05) is 22.2 Å². The van der Waals surface area contributed by atoms with Gasteiger partial charge in [-0.1, -0.05) is 18.2 Å². The first-order valence-corrected chi connectivity index (χ1v) is 11.0. The molecule has 0 aliphatic carbocycles. The van der Waals surface area contributed by atoms with Crippen LogP contribution in [0.1, 0.15) is 34.5 Å². The van der Waals surface area contributed by atoms with Crippen LogP contribution in [0.5, 0.6) is 5.75 Å². The molecule has 1 aliphatic heterocycles. The number of rotatable bonds is 9. The van der Waals surface area contributed by atoms with Crippen LogP contribution in [-0.2, 0) is 16.2 Å². The van der Waals surface area contributed by atoms with E-state index in [2.05, 4.69) is 25.9 Å². The monoisotopic (exact) mass is 448 g/mol. The van der Waals surface area contributed by atoms with Crippen molar-refractivity contribution in [3.63, 3.8) is 0 Å². The smallest absolute Gasteiger partial charge is 0.312 e. The number of fused-ring (bicyclic) bond motifs is 1. The van der Waals surface area contributed by atoms with Crippen molar-refractivity contribution < 1.29 is 19.2 Å². The molecule has 0 unspecified atom stereocenters. The topological polar surface area (TPSA) is 102 Å². The van der Waals surface area contributed by atoms with Crippen molar-refractivity contribution >= 4 is 23.3 Å². The summed E-state index contributed by atoms with van der Waals surface area (Å²) in [4.78, 5) is 32.6. The van der Waals surface area contributed by atoms with Gasteiger partial charge in [-0.3, -0.25) is 14.6 Å². The zero-order chi connectivity index (χ0) is 23.1. The summed E-state index contributed by atoms with van der Waals surface area (Å²) >= 11 is 0. The second-order valence-electron chi connectivity index (χ2n) is 8.27. The van der Waals surface area contributed by atoms with Gasteiger partial charge in [0.1, 0.15) is 12.4 Å². The highest BCUT2D eigenvalue weighted by Gasteiger charge is 2.34. The number of benzene rings is 2. The minimum atomic E-state index is -0.485. The molecule has 4 rings (SSSR count). The van der Waals surface area contributed by atoms with E-state index in [9.17, 15) is 9.59 Å². The number of aryl methyl sites for hydroxylation is 1. The van der Waals surface area contributed by atoms with E-state index in [0.717, 1.165) is 48.1 Å². The Morgan fingerprint density at radius 1 is 1.15 bits per heavy atom. The van der Waals surface area contributed by atoms with Gasteiger partial charge in [0.05, 0.1) is 17.6 Å². The number of nitrogens with one attached hydrogen (secondary N) is 3. The molecule has 2 heterocycles. The average molecular weight is 449 g/mol. The summed E-state index contributed by atoms with van der Waals surface area (Å²) in [6, 6.07) is 17.1. The molecule has 172 valence electrons. The Morgan fingerprint density at radius 3 is 2.67 bits per heavy atom. The fourth-order valence-corrected chi connectivity index (χ4v) is 4.16. The summed E-state index contributed by atoms with van der Waals surface area (Å²) in [5.41, 5.74) is 5.64. The zero-order valence-electron chi connectivity index (χ0n) is 18.6. The maximum Gasteiger partial charge on any atom is 0.312 e. The molecule has 1 aromatic heterocycles. The maximum atomic E-state index is 12.9. The van der Waals surface area contributed by atoms with E-state index in [1.807, 2.05) is 37.3 Å². The SMILES string of the molecule is Cc1cc(COc2ccc(C(=O)NC3(CNOC=O)CCNCC3)cc2)c2ccccc2n1. The number of carbonyl (C=O) groups is 2. The van der Waals surface area contributed by atoms with Gasteiger partial charge in [-0.15, -0.1) is 0 Å². The highest BCUT2D eigenvalue weighted by atomic mass is 16.7. The molecular weight excluding hydrogens is 420 g/mol. The molecule has 3 N–H and O–H groups in total. The molecule has 0 radical (unpaired) electrons. The quantitative estimate of drug-likeness (QED) is 0.263. The first-order chi connectivity index (χ1) is 16.1. The Morgan fingerprint density at radius 2 is 1.91 bits per heavy atom. The van der Waals surface area contributed by atoms with E-state index in [-0.39, 0.29) is 5.91 Å². The number of para-hydroxylation sites is 1. The third-order valence-corrected chi connectivity index (χ3v) is 5.92. The Hall–Kier alpha value is -3.49. The Balaban J connectivity index is 1.40. The summed E-state index contributed by atoms with van der Waals surface area (Å²) in [5.74, 6) is 0.509. The first-order valence-electron chi connectivity index (χ1n) is 11.0. The van der Waals surface area contributed by atoms with E-state index in [0.29, 0.717) is 30.9 Å². The molecule has 1 amide bonds. The van der Waals surface area contributed by atoms with Gasteiger partial charge in [-0.25, -0.2) is 0 Å². The maximum absolute atomic E-state index is 12.9. The van der Waals surface area contributed by atoms with Crippen LogP contribution in [0.2, 0.25) is 0 Å². The van der Waals surface area contributed by atoms with Gasteiger partial charge in [0.15, 0.2) is 0 Å². The van der Waals surface area contributed by atoms with Crippen LogP contribution in [0.15, 0.2) is 54.6 Å². The Labute approximate surface area is 192 Å². The van der Waals surface area contributed by atoms with E-state index in [4.69, 9.17) is 4.74 Å². The predicted octanol–water partition coefficient (Wildman–Crippen LogP) is 2.65. The lowest BCUT2D eigenvalue weighted by molar-refractivity contribution is -0.136. The largest absolute Gasteiger partial charge is 0.489 e. The molecule has 0 bridgehead atoms. The summed E-state index contributed by atoms with van der Waals surface area (Å²) in [6.45, 7) is 4.62. The number of aromatic nitrogens is 1. The summed E-state index contributed by atoms with van der Waals surface area (Å²) < 4.78 is 6.00. The molecule has 33 heavy (non-hydrogen) atoms. The van der Waals surface area contributed by atoms with Crippen molar-refractivity contribution in [3.05, 3.63) is 71.4 Å². The number of piperidine rings is 1. The van der Waals surface area contributed by atoms with Crippen molar-refractivity contribution in [2.75, 3.05) is 19.6 Å². The lowest BCUT2D eigenvalue weighted by Gasteiger charge is -2.38. The van der Waals surface area contributed by atoms with Gasteiger partial charge in [-0.05, 0) is 69.3 Å². The van der Waals surface area contributed by atoms with Crippen molar-refractivity contribution in [1.29, 1.82) is 0 Å². The van der Waals surface area contributed by atoms with Gasteiger partial charge in [-0.2, -0.15) is 5.48 Å². The molecule has 8 heteroatoms. The van der Waals surface area contributed by atoms with Crippen molar-refractivity contribution in [1.82, 2.24) is 21.1 Å². The molecule has 0 spiro atoms. The highest BCUT2D eigenvalue weighted by molar-refractivity contribution is 5.94. The van der Waals surface area contributed by atoms with E-state index >= 15 is 0 Å². The molecule has 8 nitrogen and oxygen atoms in total. The molecular formula is C25H28N4O4. The highest BCUT2D eigenvalue weighted by Crippen LogP contribution is 2.22. The molecule has 2 aromatic carbocycles. The minimum Gasteiger partial charge on any atom is -0.489 e. The van der Waals surface area contributed by atoms with Crippen molar-refractivity contribution in [3.8, 4) is 5.75 Å². The van der Waals surface area contributed by atoms with E-state index < -0.39 is 5.54 Å². The van der Waals surface area contributed by atoms with Gasteiger partial charge in [0.25, 0.3) is 5.91 Å². The van der Waals surface area contributed by atoms with Crippen LogP contribution in [0.4, 0.5) is 0 Å². The lowest BCUT2D eigenvalue weighted by Crippen LogP contribution is -2.59. The van der Waals surface area contributed by atoms with Crippen LogP contribution in [0.25, 0.3) is 10.9 Å². The van der Waals surface area contributed by atoms with Crippen LogP contribution in [0.3, 0.4) is 0 Å². The number of hydrogen-bond acceptors (Lipinski definition) is 7. The van der Waals surface area contributed by atoms with Crippen LogP contribution in [0, 0.1) is 6.92 Å². The number of hydroxylamine groups is 1. The molecule has 3 aromatic rings. The molecule has 1 saturated heterocycles. The number of pyridine rings is 1. The predicted molar refractivity (Wildman–Crippen MR) is 125 cm³/mol. The Kier molecular flexibility index (Phi) is 7.16. The Bertz CT molecular complexity index is 1110. The zero-order valence-corrected chi connectivity index (χ0v) is 18.6. The number of amides is 1. The first kappa shape index (κ1) is 22.7. The van der Waals surface area contributed by atoms with E-state index in [1.165, 1.54) is 0 Å². The lowest BCUT2D eigenvalue weighted by atomic mass is 9.88. The third-order valence-electron chi connectivity index (χ3n) is 5.92. The average Bonchev–Trinajstić information content (AvgIpc) is 2.83. The van der Waals surface area contributed by atoms with Crippen LogP contribution in [-0.4, -0.2) is 42.5 Å².